The van der Waals surface area contributed by atoms with Gasteiger partial charge in [0.1, 0.15) is 11.4 Å². The highest BCUT2D eigenvalue weighted by Crippen LogP contribution is 2.33. The minimum Gasteiger partial charge on any atom is -0.867 e. The number of nitro groups is 2. The fourth-order valence-corrected chi connectivity index (χ4v) is 1.84. The molecule has 2 rings (SSSR count). The Hall–Kier alpha value is -3.49. The van der Waals surface area contributed by atoms with Crippen molar-refractivity contribution < 1.29 is 20.1 Å². The van der Waals surface area contributed by atoms with Crippen LogP contribution in [-0.2, 0) is 0 Å². The van der Waals surface area contributed by atoms with E-state index in [4.69, 9.17) is 0 Å². The largest absolute Gasteiger partial charge is 0.867 e. The Labute approximate surface area is 129 Å². The summed E-state index contributed by atoms with van der Waals surface area (Å²) in [6, 6.07) is 6.23. The first-order chi connectivity index (χ1) is 10.8. The summed E-state index contributed by atoms with van der Waals surface area (Å²) in [6.45, 7) is 1.64. The summed E-state index contributed by atoms with van der Waals surface area (Å²) < 4.78 is 0. The Bertz CT molecular complexity index is 832. The first-order valence-corrected chi connectivity index (χ1v) is 6.27. The standard InChI is InChI=1S/C14H11N3O6/c1-8-3-2-4-11(13(8)18)15-7-9-5-10(16(20)21)6-12(14(9)19)17(22)23/h2-7,18-19H,1H3/p-1. The van der Waals surface area contributed by atoms with Crippen LogP contribution in [0.5, 0.6) is 11.5 Å². The van der Waals surface area contributed by atoms with Crippen molar-refractivity contribution in [2.45, 2.75) is 6.92 Å². The lowest BCUT2D eigenvalue weighted by atomic mass is 10.1. The lowest BCUT2D eigenvalue weighted by Crippen LogP contribution is -2.03. The van der Waals surface area contributed by atoms with E-state index < -0.39 is 27.0 Å². The molecule has 0 fully saturated rings. The number of aliphatic imine (C=N–C) groups is 1. The van der Waals surface area contributed by atoms with Gasteiger partial charge in [0.15, 0.2) is 0 Å². The number of nitrogens with zero attached hydrogens (tertiary/aromatic N) is 3. The first-order valence-electron chi connectivity index (χ1n) is 6.27. The van der Waals surface area contributed by atoms with Gasteiger partial charge in [-0.05, 0) is 29.9 Å². The number of hydrogen-bond donors (Lipinski definition) is 1. The fraction of sp³-hybridized carbons (Fsp3) is 0.0714. The van der Waals surface area contributed by atoms with E-state index >= 15 is 0 Å². The second-order valence-corrected chi connectivity index (χ2v) is 4.60. The maximum Gasteiger partial charge on any atom is 0.276 e. The Morgan fingerprint density at radius 2 is 1.87 bits per heavy atom. The van der Waals surface area contributed by atoms with Crippen LogP contribution in [0.2, 0.25) is 0 Å². The number of benzene rings is 2. The van der Waals surface area contributed by atoms with Crippen LogP contribution < -0.4 is 5.11 Å². The predicted molar refractivity (Wildman–Crippen MR) is 79.3 cm³/mol. The van der Waals surface area contributed by atoms with Gasteiger partial charge in [0.25, 0.3) is 11.4 Å². The molecule has 0 heterocycles. The van der Waals surface area contributed by atoms with Crippen LogP contribution in [0.1, 0.15) is 11.1 Å². The van der Waals surface area contributed by atoms with Gasteiger partial charge in [0.2, 0.25) is 0 Å². The van der Waals surface area contributed by atoms with E-state index in [1.807, 2.05) is 0 Å². The normalized spacial score (nSPS) is 10.8. The van der Waals surface area contributed by atoms with Gasteiger partial charge in [-0.3, -0.25) is 25.2 Å². The molecule has 0 saturated carbocycles. The van der Waals surface area contributed by atoms with Gasteiger partial charge < -0.3 is 10.2 Å². The van der Waals surface area contributed by atoms with E-state index in [1.54, 1.807) is 19.1 Å². The molecule has 1 N–H and O–H groups in total. The summed E-state index contributed by atoms with van der Waals surface area (Å²) in [5.41, 5.74) is -1.13. The molecule has 0 saturated heterocycles. The number of non-ortho nitro benzene ring substituents is 1. The average molecular weight is 316 g/mol. The van der Waals surface area contributed by atoms with Crippen molar-refractivity contribution >= 4 is 23.3 Å². The molecular weight excluding hydrogens is 306 g/mol. The van der Waals surface area contributed by atoms with Crippen molar-refractivity contribution in [1.82, 2.24) is 0 Å². The van der Waals surface area contributed by atoms with Crippen molar-refractivity contribution in [2.75, 3.05) is 0 Å². The summed E-state index contributed by atoms with van der Waals surface area (Å²) in [6.07, 6.45) is 0.955. The number of aryl methyl sites for hydroxylation is 1. The Balaban J connectivity index is 2.54. The minimum atomic E-state index is -0.989. The van der Waals surface area contributed by atoms with Gasteiger partial charge in [-0.1, -0.05) is 12.1 Å². The topological polar surface area (TPSA) is 142 Å². The van der Waals surface area contributed by atoms with Crippen molar-refractivity contribution in [3.63, 3.8) is 0 Å². The molecule has 2 aromatic carbocycles. The van der Waals surface area contributed by atoms with Crippen LogP contribution >= 0.6 is 0 Å². The lowest BCUT2D eigenvalue weighted by molar-refractivity contribution is -0.403. The molecule has 0 atom stereocenters. The SMILES string of the molecule is Cc1cccc(N=Cc2cc([N+](=O)[O-])cc([N+](=O)[O-])c2[O-])c1O. The van der Waals surface area contributed by atoms with Crippen molar-refractivity contribution in [2.24, 2.45) is 4.99 Å². The average Bonchev–Trinajstić information content (AvgIpc) is 2.49. The molecular formula is C14H10N3O6-. The zero-order chi connectivity index (χ0) is 17.1. The summed E-state index contributed by atoms with van der Waals surface area (Å²) in [7, 11) is 0. The number of aromatic hydroxyl groups is 1. The summed E-state index contributed by atoms with van der Waals surface area (Å²) >= 11 is 0. The van der Waals surface area contributed by atoms with E-state index in [2.05, 4.69) is 4.99 Å². The number of phenolic OH excluding ortho intramolecular Hbond substituents is 1. The molecule has 0 unspecified atom stereocenters. The molecule has 0 amide bonds. The van der Waals surface area contributed by atoms with Gasteiger partial charge in [-0.25, -0.2) is 0 Å². The van der Waals surface area contributed by atoms with E-state index in [0.29, 0.717) is 11.6 Å². The van der Waals surface area contributed by atoms with E-state index in [0.717, 1.165) is 12.3 Å². The lowest BCUT2D eigenvalue weighted by Gasteiger charge is -2.10. The molecule has 0 spiro atoms. The van der Waals surface area contributed by atoms with E-state index in [-0.39, 0.29) is 17.0 Å². The molecule has 9 heteroatoms. The number of para-hydroxylation sites is 1. The zero-order valence-electron chi connectivity index (χ0n) is 11.8. The van der Waals surface area contributed by atoms with Crippen molar-refractivity contribution in [3.05, 3.63) is 61.7 Å². The van der Waals surface area contributed by atoms with Gasteiger partial charge in [-0.15, -0.1) is 0 Å². The van der Waals surface area contributed by atoms with E-state index in [9.17, 15) is 30.4 Å². The van der Waals surface area contributed by atoms with Crippen LogP contribution in [0.25, 0.3) is 0 Å². The third kappa shape index (κ3) is 3.23. The Morgan fingerprint density at radius 3 is 2.48 bits per heavy atom. The summed E-state index contributed by atoms with van der Waals surface area (Å²) in [4.78, 5) is 23.7. The predicted octanol–water partition coefficient (Wildman–Crippen LogP) is 2.34. The van der Waals surface area contributed by atoms with Gasteiger partial charge in [0, 0.05) is 12.3 Å². The van der Waals surface area contributed by atoms with E-state index in [1.165, 1.54) is 6.07 Å². The van der Waals surface area contributed by atoms with Gasteiger partial charge in [-0.2, -0.15) is 0 Å². The summed E-state index contributed by atoms with van der Waals surface area (Å²) in [5, 5.41) is 43.4. The minimum absolute atomic E-state index is 0.115. The molecule has 2 aromatic rings. The second-order valence-electron chi connectivity index (χ2n) is 4.60. The highest BCUT2D eigenvalue weighted by atomic mass is 16.6. The maximum atomic E-state index is 11.9. The van der Waals surface area contributed by atoms with Gasteiger partial charge in [0.05, 0.1) is 15.9 Å². The van der Waals surface area contributed by atoms with Gasteiger partial charge >= 0.3 is 0 Å². The fourth-order valence-electron chi connectivity index (χ4n) is 1.84. The molecule has 9 nitrogen and oxygen atoms in total. The Kier molecular flexibility index (Phi) is 4.21. The van der Waals surface area contributed by atoms with Crippen LogP contribution in [0.15, 0.2) is 35.3 Å². The molecule has 0 aliphatic carbocycles. The molecule has 0 bridgehead atoms. The smallest absolute Gasteiger partial charge is 0.276 e. The summed E-state index contributed by atoms with van der Waals surface area (Å²) in [5.74, 6) is -1.10. The molecule has 0 aliphatic heterocycles. The number of hydrogen-bond acceptors (Lipinski definition) is 7. The zero-order valence-corrected chi connectivity index (χ0v) is 11.8. The molecule has 0 radical (unpaired) electrons. The number of rotatable bonds is 4. The molecule has 23 heavy (non-hydrogen) atoms. The van der Waals surface area contributed by atoms with Crippen molar-refractivity contribution in [1.29, 1.82) is 0 Å². The molecule has 0 aromatic heterocycles. The van der Waals surface area contributed by atoms with Crippen molar-refractivity contribution in [3.8, 4) is 11.5 Å². The third-order valence-electron chi connectivity index (χ3n) is 3.05. The number of phenols is 1. The van der Waals surface area contributed by atoms with Crippen LogP contribution in [-0.4, -0.2) is 21.2 Å². The highest BCUT2D eigenvalue weighted by molar-refractivity contribution is 5.89. The second kappa shape index (κ2) is 6.10. The third-order valence-corrected chi connectivity index (χ3v) is 3.05. The van der Waals surface area contributed by atoms with Crippen LogP contribution in [0.3, 0.4) is 0 Å². The monoisotopic (exact) mass is 316 g/mol. The number of nitro benzene ring substituents is 2. The van der Waals surface area contributed by atoms with Crippen LogP contribution in [0.4, 0.5) is 17.1 Å². The first kappa shape index (κ1) is 15.9. The molecule has 0 aliphatic rings. The van der Waals surface area contributed by atoms with Crippen LogP contribution in [0, 0.1) is 27.2 Å². The quantitative estimate of drug-likeness (QED) is 0.521. The maximum absolute atomic E-state index is 11.9. The highest BCUT2D eigenvalue weighted by Gasteiger charge is 2.18. The molecule has 118 valence electrons. The Morgan fingerprint density at radius 1 is 1.17 bits per heavy atom.